The summed E-state index contributed by atoms with van der Waals surface area (Å²) in [5.41, 5.74) is 5.31. The van der Waals surface area contributed by atoms with Crippen LogP contribution >= 0.6 is 0 Å². The number of aldehydes is 1. The molecule has 0 aromatic carbocycles. The Morgan fingerprint density at radius 2 is 1.30 bits per heavy atom. The summed E-state index contributed by atoms with van der Waals surface area (Å²) >= 11 is 0. The molecule has 158 valence electrons. The number of carbonyl (C=O) groups is 3. The minimum Gasteiger partial charge on any atom is -0.452 e. The van der Waals surface area contributed by atoms with Crippen molar-refractivity contribution in [3.63, 3.8) is 0 Å². The molecule has 27 heavy (non-hydrogen) atoms. The van der Waals surface area contributed by atoms with Crippen LogP contribution < -0.4 is 5.73 Å². The SMILES string of the molecule is N[C@@H](C=O)[C@@H](OC(=O)C(=O)C[C@@H](O)[C@@H](O)[C@H](O)[C@H](O)CO)[C@H](O)[C@H](O)CO. The summed E-state index contributed by atoms with van der Waals surface area (Å²) < 4.78 is 4.55. The zero-order valence-corrected chi connectivity index (χ0v) is 14.1. The molecule has 0 saturated heterocycles. The fourth-order valence-corrected chi connectivity index (χ4v) is 1.93. The second-order valence-electron chi connectivity index (χ2n) is 5.75. The molecule has 0 aliphatic rings. The maximum atomic E-state index is 11.8. The number of hydrogen-bond donors (Lipinski definition) is 9. The highest BCUT2D eigenvalue weighted by Crippen LogP contribution is 2.12. The van der Waals surface area contributed by atoms with E-state index < -0.39 is 80.2 Å². The topological polar surface area (TPSA) is 248 Å². The monoisotopic (exact) mass is 399 g/mol. The zero-order valence-electron chi connectivity index (χ0n) is 14.1. The van der Waals surface area contributed by atoms with Gasteiger partial charge in [-0.25, -0.2) is 4.79 Å². The highest BCUT2D eigenvalue weighted by Gasteiger charge is 2.37. The fourth-order valence-electron chi connectivity index (χ4n) is 1.93. The van der Waals surface area contributed by atoms with Gasteiger partial charge in [-0.1, -0.05) is 0 Å². The van der Waals surface area contributed by atoms with Crippen molar-refractivity contribution < 1.29 is 60.0 Å². The molecule has 0 spiro atoms. The Balaban J connectivity index is 4.99. The summed E-state index contributed by atoms with van der Waals surface area (Å²) in [7, 11) is 0. The van der Waals surface area contributed by atoms with Gasteiger partial charge in [-0.2, -0.15) is 0 Å². The first-order valence-electron chi connectivity index (χ1n) is 7.76. The van der Waals surface area contributed by atoms with Crippen LogP contribution in [0.15, 0.2) is 0 Å². The zero-order chi connectivity index (χ0) is 21.3. The Morgan fingerprint density at radius 3 is 1.74 bits per heavy atom. The molecule has 0 bridgehead atoms. The van der Waals surface area contributed by atoms with Gasteiger partial charge in [-0.3, -0.25) is 4.79 Å². The predicted octanol–water partition coefficient (Wildman–Crippen LogP) is -6.47. The number of esters is 1. The van der Waals surface area contributed by atoms with E-state index in [1.54, 1.807) is 0 Å². The summed E-state index contributed by atoms with van der Waals surface area (Å²) in [6.07, 6.45) is -14.8. The van der Waals surface area contributed by atoms with Crippen LogP contribution in [0.2, 0.25) is 0 Å². The molecule has 10 N–H and O–H groups in total. The van der Waals surface area contributed by atoms with Crippen LogP contribution in [0, 0.1) is 0 Å². The van der Waals surface area contributed by atoms with Gasteiger partial charge in [-0.05, 0) is 0 Å². The van der Waals surface area contributed by atoms with E-state index in [1.807, 2.05) is 0 Å². The van der Waals surface area contributed by atoms with Crippen LogP contribution in [0.3, 0.4) is 0 Å². The Morgan fingerprint density at radius 1 is 0.852 bits per heavy atom. The lowest BCUT2D eigenvalue weighted by Crippen LogP contribution is -2.53. The Kier molecular flexibility index (Phi) is 11.3. The van der Waals surface area contributed by atoms with Crippen molar-refractivity contribution in [2.75, 3.05) is 13.2 Å². The third kappa shape index (κ3) is 7.53. The van der Waals surface area contributed by atoms with E-state index in [0.717, 1.165) is 0 Å². The molecular weight excluding hydrogens is 374 g/mol. The van der Waals surface area contributed by atoms with E-state index in [4.69, 9.17) is 21.1 Å². The van der Waals surface area contributed by atoms with Crippen molar-refractivity contribution in [3.05, 3.63) is 0 Å². The molecule has 8 atom stereocenters. The maximum absolute atomic E-state index is 11.8. The van der Waals surface area contributed by atoms with Crippen molar-refractivity contribution in [2.24, 2.45) is 5.73 Å². The van der Waals surface area contributed by atoms with Crippen LogP contribution in [0.1, 0.15) is 6.42 Å². The van der Waals surface area contributed by atoms with Gasteiger partial charge in [0.05, 0.1) is 19.3 Å². The Hall–Kier alpha value is -1.55. The normalized spacial score (nSPS) is 20.5. The minimum absolute atomic E-state index is 0.0565. The molecule has 0 rings (SSSR count). The third-order valence-corrected chi connectivity index (χ3v) is 3.65. The predicted molar refractivity (Wildman–Crippen MR) is 83.8 cm³/mol. The van der Waals surface area contributed by atoms with Gasteiger partial charge < -0.3 is 56.1 Å². The minimum atomic E-state index is -2.10. The van der Waals surface area contributed by atoms with Crippen molar-refractivity contribution >= 4 is 18.0 Å². The highest BCUT2D eigenvalue weighted by molar-refractivity contribution is 6.33. The lowest BCUT2D eigenvalue weighted by Gasteiger charge is -2.28. The van der Waals surface area contributed by atoms with E-state index in [0.29, 0.717) is 0 Å². The van der Waals surface area contributed by atoms with Gasteiger partial charge in [0.15, 0.2) is 6.10 Å². The molecule has 0 radical (unpaired) electrons. The van der Waals surface area contributed by atoms with E-state index in [9.17, 15) is 39.9 Å². The molecular formula is C14H25NO12. The van der Waals surface area contributed by atoms with E-state index >= 15 is 0 Å². The standard InChI is InChI=1S/C14H25NO12/c15-5(2-16)13(12(25)9(22)4-18)27-14(26)7(20)1-6(19)10(23)11(24)8(21)3-17/h2,5-6,8-13,17-19,21-25H,1,3-4,15H2/t5-,6+,8+,9+,10+,11+,12+,13+/m0/s1. The van der Waals surface area contributed by atoms with Crippen molar-refractivity contribution in [1.82, 2.24) is 0 Å². The molecule has 13 heteroatoms. The second-order valence-corrected chi connectivity index (χ2v) is 5.75. The number of Topliss-reactive ketones (excluding diaryl/α,β-unsaturated/α-hetero) is 1. The fraction of sp³-hybridized carbons (Fsp3) is 0.786. The number of nitrogens with two attached hydrogens (primary N) is 1. The first kappa shape index (κ1) is 25.4. The first-order valence-corrected chi connectivity index (χ1v) is 7.76. The number of hydrogen-bond acceptors (Lipinski definition) is 13. The average molecular weight is 399 g/mol. The molecule has 0 amide bonds. The molecule has 0 aliphatic heterocycles. The van der Waals surface area contributed by atoms with E-state index in [-0.39, 0.29) is 6.29 Å². The van der Waals surface area contributed by atoms with Crippen LogP contribution in [-0.4, -0.2) is 121 Å². The van der Waals surface area contributed by atoms with Gasteiger partial charge in [0.1, 0.15) is 42.8 Å². The summed E-state index contributed by atoms with van der Waals surface area (Å²) in [5.74, 6) is -3.15. The summed E-state index contributed by atoms with van der Waals surface area (Å²) in [5, 5.41) is 74.3. The lowest BCUT2D eigenvalue weighted by molar-refractivity contribution is -0.171. The van der Waals surface area contributed by atoms with Gasteiger partial charge in [0, 0.05) is 6.42 Å². The van der Waals surface area contributed by atoms with Gasteiger partial charge in [-0.15, -0.1) is 0 Å². The number of ketones is 1. The largest absolute Gasteiger partial charge is 0.452 e. The van der Waals surface area contributed by atoms with Crippen molar-refractivity contribution in [2.45, 2.75) is 55.2 Å². The summed E-state index contributed by atoms with van der Waals surface area (Å²) in [6, 6.07) is -1.66. The molecule has 13 nitrogen and oxygen atoms in total. The molecule has 0 fully saturated rings. The number of carbonyl (C=O) groups excluding carboxylic acids is 3. The maximum Gasteiger partial charge on any atom is 0.375 e. The highest BCUT2D eigenvalue weighted by atomic mass is 16.6. The van der Waals surface area contributed by atoms with E-state index in [2.05, 4.69) is 4.74 Å². The Labute approximate surface area is 153 Å². The molecule has 0 aromatic rings. The van der Waals surface area contributed by atoms with E-state index in [1.165, 1.54) is 0 Å². The first-order chi connectivity index (χ1) is 12.5. The van der Waals surface area contributed by atoms with Crippen LogP contribution in [0.4, 0.5) is 0 Å². The van der Waals surface area contributed by atoms with Crippen molar-refractivity contribution in [1.29, 1.82) is 0 Å². The number of ether oxygens (including phenoxy) is 1. The quantitative estimate of drug-likeness (QED) is 0.0794. The summed E-state index contributed by atoms with van der Waals surface area (Å²) in [6.45, 7) is -1.91. The van der Waals surface area contributed by atoms with Gasteiger partial charge >= 0.3 is 5.97 Å². The summed E-state index contributed by atoms with van der Waals surface area (Å²) in [4.78, 5) is 34.3. The van der Waals surface area contributed by atoms with Gasteiger partial charge in [0.25, 0.3) is 0 Å². The third-order valence-electron chi connectivity index (χ3n) is 3.65. The van der Waals surface area contributed by atoms with Crippen molar-refractivity contribution in [3.8, 4) is 0 Å². The number of aliphatic hydroxyl groups excluding tert-OH is 8. The number of rotatable bonds is 13. The molecule has 0 aromatic heterocycles. The van der Waals surface area contributed by atoms with Gasteiger partial charge in [0.2, 0.25) is 5.78 Å². The van der Waals surface area contributed by atoms with Crippen LogP contribution in [0.25, 0.3) is 0 Å². The smallest absolute Gasteiger partial charge is 0.375 e. The molecule has 0 aliphatic carbocycles. The molecule has 0 saturated carbocycles. The molecule has 0 heterocycles. The van der Waals surface area contributed by atoms with Crippen LogP contribution in [-0.2, 0) is 19.1 Å². The second kappa shape index (κ2) is 12.0. The van der Waals surface area contributed by atoms with Crippen LogP contribution in [0.5, 0.6) is 0 Å². The lowest BCUT2D eigenvalue weighted by atomic mass is 9.99. The Bertz CT molecular complexity index is 489. The molecule has 0 unspecified atom stereocenters. The number of aliphatic hydroxyl groups is 8. The average Bonchev–Trinajstić information content (AvgIpc) is 2.67.